The van der Waals surface area contributed by atoms with Crippen LogP contribution in [0.4, 0.5) is 0 Å². The van der Waals surface area contributed by atoms with Gasteiger partial charge >= 0.3 is 0 Å². The molecule has 4 nitrogen and oxygen atoms in total. The summed E-state index contributed by atoms with van der Waals surface area (Å²) < 4.78 is 0. The summed E-state index contributed by atoms with van der Waals surface area (Å²) in [4.78, 5) is 22.2. The summed E-state index contributed by atoms with van der Waals surface area (Å²) >= 11 is 6.02. The number of carbonyl (C=O) groups is 1. The lowest BCUT2D eigenvalue weighted by molar-refractivity contribution is 0.0750. The van der Waals surface area contributed by atoms with Gasteiger partial charge in [-0.1, -0.05) is 17.7 Å². The lowest BCUT2D eigenvalue weighted by Gasteiger charge is -2.20. The normalized spacial score (nSPS) is 10.2. The number of pyridine rings is 2. The fraction of sp³-hybridized carbons (Fsp3) is 0.214. The summed E-state index contributed by atoms with van der Waals surface area (Å²) in [6, 6.07) is 7.25. The van der Waals surface area contributed by atoms with E-state index >= 15 is 0 Å². The van der Waals surface area contributed by atoms with Crippen molar-refractivity contribution < 1.29 is 4.79 Å². The van der Waals surface area contributed by atoms with Crippen LogP contribution >= 0.6 is 11.6 Å². The molecule has 2 aromatic rings. The van der Waals surface area contributed by atoms with Crippen molar-refractivity contribution >= 4 is 17.5 Å². The molecule has 0 N–H and O–H groups in total. The molecule has 98 valence electrons. The molecule has 19 heavy (non-hydrogen) atoms. The van der Waals surface area contributed by atoms with Crippen LogP contribution in [0.1, 0.15) is 23.0 Å². The van der Waals surface area contributed by atoms with Crippen LogP contribution in [0.25, 0.3) is 0 Å². The van der Waals surface area contributed by atoms with Gasteiger partial charge in [-0.25, -0.2) is 0 Å². The third kappa shape index (κ3) is 3.29. The van der Waals surface area contributed by atoms with Gasteiger partial charge in [-0.2, -0.15) is 0 Å². The molecule has 0 aliphatic rings. The van der Waals surface area contributed by atoms with Crippen molar-refractivity contribution in [3.63, 3.8) is 0 Å². The van der Waals surface area contributed by atoms with Gasteiger partial charge in [0.25, 0.3) is 5.91 Å². The Morgan fingerprint density at radius 3 is 2.79 bits per heavy atom. The third-order valence-electron chi connectivity index (χ3n) is 2.75. The standard InChI is InChI=1S/C14H14ClN3O/c1-2-18(10-11-5-3-4-7-17-11)14(19)12-9-16-8-6-13(12)15/h3-9H,2,10H2,1H3. The number of aromatic nitrogens is 2. The Labute approximate surface area is 117 Å². The summed E-state index contributed by atoms with van der Waals surface area (Å²) in [5, 5.41) is 0.416. The van der Waals surface area contributed by atoms with Gasteiger partial charge in [0.2, 0.25) is 0 Å². The SMILES string of the molecule is CCN(Cc1ccccn1)C(=O)c1cnccc1Cl. The van der Waals surface area contributed by atoms with Crippen molar-refractivity contribution in [3.05, 3.63) is 59.1 Å². The summed E-state index contributed by atoms with van der Waals surface area (Å²) in [6.07, 6.45) is 4.77. The van der Waals surface area contributed by atoms with E-state index in [9.17, 15) is 4.79 Å². The predicted molar refractivity (Wildman–Crippen MR) is 73.9 cm³/mol. The van der Waals surface area contributed by atoms with Gasteiger partial charge in [0.05, 0.1) is 22.8 Å². The van der Waals surface area contributed by atoms with Gasteiger partial charge in [-0.3, -0.25) is 14.8 Å². The number of nitrogens with zero attached hydrogens (tertiary/aromatic N) is 3. The van der Waals surface area contributed by atoms with Gasteiger partial charge in [-0.15, -0.1) is 0 Å². The molecule has 0 atom stereocenters. The molecule has 0 radical (unpaired) electrons. The van der Waals surface area contributed by atoms with E-state index in [0.717, 1.165) is 5.69 Å². The van der Waals surface area contributed by atoms with Crippen molar-refractivity contribution in [1.82, 2.24) is 14.9 Å². The zero-order valence-corrected chi connectivity index (χ0v) is 11.3. The molecule has 2 aromatic heterocycles. The second-order valence-electron chi connectivity index (χ2n) is 4.00. The summed E-state index contributed by atoms with van der Waals surface area (Å²) in [7, 11) is 0. The first kappa shape index (κ1) is 13.5. The Hall–Kier alpha value is -1.94. The van der Waals surface area contributed by atoms with Crippen molar-refractivity contribution in [2.24, 2.45) is 0 Å². The average molecular weight is 276 g/mol. The van der Waals surface area contributed by atoms with Crippen LogP contribution in [0.3, 0.4) is 0 Å². The molecule has 0 bridgehead atoms. The molecule has 0 saturated carbocycles. The van der Waals surface area contributed by atoms with Gasteiger partial charge in [0, 0.05) is 25.1 Å². The molecule has 0 aromatic carbocycles. The largest absolute Gasteiger partial charge is 0.333 e. The monoisotopic (exact) mass is 275 g/mol. The van der Waals surface area contributed by atoms with Gasteiger partial charge < -0.3 is 4.90 Å². The Morgan fingerprint density at radius 2 is 2.16 bits per heavy atom. The summed E-state index contributed by atoms with van der Waals surface area (Å²) in [6.45, 7) is 2.97. The molecule has 0 aliphatic heterocycles. The molecule has 0 saturated heterocycles. The highest BCUT2D eigenvalue weighted by Gasteiger charge is 2.17. The lowest BCUT2D eigenvalue weighted by atomic mass is 10.2. The number of rotatable bonds is 4. The van der Waals surface area contributed by atoms with Crippen LogP contribution in [-0.2, 0) is 6.54 Å². The Morgan fingerprint density at radius 1 is 1.32 bits per heavy atom. The highest BCUT2D eigenvalue weighted by atomic mass is 35.5. The zero-order valence-electron chi connectivity index (χ0n) is 10.6. The second-order valence-corrected chi connectivity index (χ2v) is 4.40. The Bertz CT molecular complexity index is 560. The van der Waals surface area contributed by atoms with Crippen molar-refractivity contribution in [2.45, 2.75) is 13.5 Å². The number of halogens is 1. The maximum Gasteiger partial charge on any atom is 0.257 e. The Kier molecular flexibility index (Phi) is 4.47. The van der Waals surface area contributed by atoms with E-state index in [2.05, 4.69) is 9.97 Å². The minimum Gasteiger partial charge on any atom is -0.333 e. The summed E-state index contributed by atoms with van der Waals surface area (Å²) in [5.41, 5.74) is 1.26. The topological polar surface area (TPSA) is 46.1 Å². The van der Waals surface area contributed by atoms with E-state index < -0.39 is 0 Å². The quantitative estimate of drug-likeness (QED) is 0.862. The number of amides is 1. The number of hydrogen-bond donors (Lipinski definition) is 0. The van der Waals surface area contributed by atoms with Crippen LogP contribution < -0.4 is 0 Å². The molecular weight excluding hydrogens is 262 g/mol. The fourth-order valence-electron chi connectivity index (χ4n) is 1.72. The predicted octanol–water partition coefficient (Wildman–Crippen LogP) is 2.79. The van der Waals surface area contributed by atoms with E-state index in [1.807, 2.05) is 25.1 Å². The maximum absolute atomic E-state index is 12.4. The minimum absolute atomic E-state index is 0.133. The van der Waals surface area contributed by atoms with Crippen molar-refractivity contribution in [3.8, 4) is 0 Å². The lowest BCUT2D eigenvalue weighted by Crippen LogP contribution is -2.30. The number of carbonyl (C=O) groups excluding carboxylic acids is 1. The first-order chi connectivity index (χ1) is 9.22. The molecule has 0 unspecified atom stereocenters. The van der Waals surface area contributed by atoms with Gasteiger partial charge in [-0.05, 0) is 25.1 Å². The first-order valence-corrected chi connectivity index (χ1v) is 6.39. The molecule has 1 amide bonds. The maximum atomic E-state index is 12.4. The smallest absolute Gasteiger partial charge is 0.257 e. The van der Waals surface area contributed by atoms with Gasteiger partial charge in [0.1, 0.15) is 0 Å². The van der Waals surface area contributed by atoms with E-state index in [0.29, 0.717) is 23.7 Å². The van der Waals surface area contributed by atoms with Crippen LogP contribution in [-0.4, -0.2) is 27.3 Å². The molecule has 2 heterocycles. The highest BCUT2D eigenvalue weighted by molar-refractivity contribution is 6.33. The summed E-state index contributed by atoms with van der Waals surface area (Å²) in [5.74, 6) is -0.133. The van der Waals surface area contributed by atoms with Crippen LogP contribution in [0.15, 0.2) is 42.9 Å². The Balaban J connectivity index is 2.18. The molecule has 0 aliphatic carbocycles. The number of hydrogen-bond acceptors (Lipinski definition) is 3. The minimum atomic E-state index is -0.133. The van der Waals surface area contributed by atoms with Crippen LogP contribution in [0.5, 0.6) is 0 Å². The van der Waals surface area contributed by atoms with Gasteiger partial charge in [0.15, 0.2) is 0 Å². The van der Waals surface area contributed by atoms with Crippen molar-refractivity contribution in [1.29, 1.82) is 0 Å². The van der Waals surface area contributed by atoms with Crippen LogP contribution in [0.2, 0.25) is 5.02 Å². The fourth-order valence-corrected chi connectivity index (χ4v) is 1.91. The molecule has 0 spiro atoms. The van der Waals surface area contributed by atoms with E-state index in [1.165, 1.54) is 6.20 Å². The molecule has 5 heteroatoms. The second kappa shape index (κ2) is 6.29. The highest BCUT2D eigenvalue weighted by Crippen LogP contribution is 2.16. The average Bonchev–Trinajstić information content (AvgIpc) is 2.46. The van der Waals surface area contributed by atoms with E-state index in [-0.39, 0.29) is 5.91 Å². The first-order valence-electron chi connectivity index (χ1n) is 6.01. The molecule has 2 rings (SSSR count). The van der Waals surface area contributed by atoms with Crippen LogP contribution in [0, 0.1) is 0 Å². The third-order valence-corrected chi connectivity index (χ3v) is 3.08. The van der Waals surface area contributed by atoms with E-state index in [4.69, 9.17) is 11.6 Å². The zero-order chi connectivity index (χ0) is 13.7. The molecule has 0 fully saturated rings. The molecular formula is C14H14ClN3O. The van der Waals surface area contributed by atoms with E-state index in [1.54, 1.807) is 23.4 Å². The van der Waals surface area contributed by atoms with Crippen molar-refractivity contribution in [2.75, 3.05) is 6.54 Å².